The molecule has 2 rings (SSSR count). The minimum atomic E-state index is 0.522. The highest BCUT2D eigenvalue weighted by Gasteiger charge is 2.07. The molecule has 2 heterocycles. The molecule has 0 aliphatic carbocycles. The van der Waals surface area contributed by atoms with Crippen LogP contribution in [0.5, 0.6) is 5.88 Å². The number of nitrogens with two attached hydrogens (primary N) is 1. The van der Waals surface area contributed by atoms with E-state index in [0.29, 0.717) is 17.4 Å². The van der Waals surface area contributed by atoms with E-state index >= 15 is 0 Å². The van der Waals surface area contributed by atoms with Crippen molar-refractivity contribution in [2.75, 3.05) is 12.8 Å². The average molecular weight is 269 g/mol. The van der Waals surface area contributed by atoms with Crippen molar-refractivity contribution < 1.29 is 4.74 Å². The fourth-order valence-corrected chi connectivity index (χ4v) is 1.56. The zero-order chi connectivity index (χ0) is 10.8. The van der Waals surface area contributed by atoms with Crippen LogP contribution < -0.4 is 10.5 Å². The summed E-state index contributed by atoms with van der Waals surface area (Å²) in [5, 5.41) is 4.17. The Balaban J connectivity index is 2.41. The van der Waals surface area contributed by atoms with Gasteiger partial charge in [-0.1, -0.05) is 0 Å². The molecule has 2 N–H and O–H groups in total. The number of hydrogen-bond donors (Lipinski definition) is 1. The van der Waals surface area contributed by atoms with Gasteiger partial charge in [0, 0.05) is 0 Å². The lowest BCUT2D eigenvalue weighted by Crippen LogP contribution is -1.98. The smallest absolute Gasteiger partial charge is 0.247 e. The van der Waals surface area contributed by atoms with Crippen molar-refractivity contribution >= 4 is 21.6 Å². The van der Waals surface area contributed by atoms with Gasteiger partial charge in [-0.25, -0.2) is 9.67 Å². The monoisotopic (exact) mass is 268 g/mol. The van der Waals surface area contributed by atoms with Crippen LogP contribution in [0.4, 0.5) is 5.69 Å². The van der Waals surface area contributed by atoms with Crippen molar-refractivity contribution in [3.63, 3.8) is 0 Å². The van der Waals surface area contributed by atoms with Gasteiger partial charge in [-0.2, -0.15) is 0 Å². The first-order chi connectivity index (χ1) is 7.20. The number of halogens is 1. The number of aromatic nitrogens is 3. The summed E-state index contributed by atoms with van der Waals surface area (Å²) in [6.45, 7) is 0. The maximum atomic E-state index is 5.54. The van der Waals surface area contributed by atoms with E-state index in [-0.39, 0.29) is 0 Å². The SMILES string of the molecule is COc1nn(-c2ccc(N)cn2)cc1Br. The number of hydrogen-bond acceptors (Lipinski definition) is 4. The van der Waals surface area contributed by atoms with E-state index in [4.69, 9.17) is 10.5 Å². The molecule has 0 spiro atoms. The van der Waals surface area contributed by atoms with E-state index in [1.807, 2.05) is 0 Å². The van der Waals surface area contributed by atoms with Crippen molar-refractivity contribution in [3.8, 4) is 11.7 Å². The molecule has 0 saturated heterocycles. The molecule has 0 saturated carbocycles. The molecule has 0 atom stereocenters. The predicted molar refractivity (Wildman–Crippen MR) is 60.0 cm³/mol. The molecule has 2 aromatic rings. The van der Waals surface area contributed by atoms with Gasteiger partial charge in [0.15, 0.2) is 5.82 Å². The number of methoxy groups -OCH3 is 1. The number of nitrogen functional groups attached to an aromatic ring is 1. The maximum absolute atomic E-state index is 5.54. The summed E-state index contributed by atoms with van der Waals surface area (Å²) >= 11 is 3.33. The lowest BCUT2D eigenvalue weighted by Gasteiger charge is -1.99. The first kappa shape index (κ1) is 9.97. The number of ether oxygens (including phenoxy) is 1. The quantitative estimate of drug-likeness (QED) is 0.899. The van der Waals surface area contributed by atoms with Crippen LogP contribution in [-0.2, 0) is 0 Å². The van der Waals surface area contributed by atoms with Crippen molar-refractivity contribution in [1.29, 1.82) is 0 Å². The molecule has 0 fully saturated rings. The highest BCUT2D eigenvalue weighted by molar-refractivity contribution is 9.10. The summed E-state index contributed by atoms with van der Waals surface area (Å²) < 4.78 is 7.43. The average Bonchev–Trinajstić information content (AvgIpc) is 2.61. The van der Waals surface area contributed by atoms with E-state index in [1.165, 1.54) is 0 Å². The largest absolute Gasteiger partial charge is 0.479 e. The van der Waals surface area contributed by atoms with E-state index in [9.17, 15) is 0 Å². The second kappa shape index (κ2) is 3.90. The van der Waals surface area contributed by atoms with Gasteiger partial charge >= 0.3 is 0 Å². The highest BCUT2D eigenvalue weighted by Crippen LogP contribution is 2.23. The number of nitrogens with zero attached hydrogens (tertiary/aromatic N) is 3. The molecule has 0 bridgehead atoms. The van der Waals surface area contributed by atoms with Crippen LogP contribution in [0, 0.1) is 0 Å². The zero-order valence-electron chi connectivity index (χ0n) is 8.01. The molecule has 0 aliphatic rings. The van der Waals surface area contributed by atoms with Gasteiger partial charge in [0.05, 0.1) is 29.7 Å². The Kier molecular flexibility index (Phi) is 2.59. The first-order valence-corrected chi connectivity index (χ1v) is 5.01. The molecule has 78 valence electrons. The van der Waals surface area contributed by atoms with E-state index in [0.717, 1.165) is 4.47 Å². The molecule has 0 radical (unpaired) electrons. The molecule has 0 aromatic carbocycles. The fraction of sp³-hybridized carbons (Fsp3) is 0.111. The second-order valence-electron chi connectivity index (χ2n) is 2.88. The molecular formula is C9H9BrN4O. The van der Waals surface area contributed by atoms with Crippen molar-refractivity contribution in [2.45, 2.75) is 0 Å². The molecular weight excluding hydrogens is 260 g/mol. The summed E-state index contributed by atoms with van der Waals surface area (Å²) in [4.78, 5) is 4.14. The Bertz CT molecular complexity index is 465. The zero-order valence-corrected chi connectivity index (χ0v) is 9.60. The molecule has 0 amide bonds. The van der Waals surface area contributed by atoms with Crippen LogP contribution in [-0.4, -0.2) is 21.9 Å². The molecule has 5 nitrogen and oxygen atoms in total. The Morgan fingerprint density at radius 2 is 2.27 bits per heavy atom. The minimum absolute atomic E-state index is 0.522. The summed E-state index contributed by atoms with van der Waals surface area (Å²) in [5.74, 6) is 1.21. The van der Waals surface area contributed by atoms with Gasteiger partial charge in [-0.3, -0.25) is 0 Å². The van der Waals surface area contributed by atoms with Crippen LogP contribution in [0.25, 0.3) is 5.82 Å². The Morgan fingerprint density at radius 1 is 1.47 bits per heavy atom. The third kappa shape index (κ3) is 1.94. The van der Waals surface area contributed by atoms with Gasteiger partial charge in [0.25, 0.3) is 0 Å². The fourth-order valence-electron chi connectivity index (χ4n) is 1.13. The molecule has 6 heteroatoms. The maximum Gasteiger partial charge on any atom is 0.247 e. The van der Waals surface area contributed by atoms with Gasteiger partial charge in [-0.05, 0) is 28.1 Å². The number of pyridine rings is 1. The summed E-state index contributed by atoms with van der Waals surface area (Å²) in [6.07, 6.45) is 3.36. The van der Waals surface area contributed by atoms with Crippen LogP contribution in [0.1, 0.15) is 0 Å². The lowest BCUT2D eigenvalue weighted by atomic mass is 10.4. The Hall–Kier alpha value is -1.56. The third-order valence-electron chi connectivity index (χ3n) is 1.84. The third-order valence-corrected chi connectivity index (χ3v) is 2.38. The summed E-state index contributed by atoms with van der Waals surface area (Å²) in [5.41, 5.74) is 6.16. The van der Waals surface area contributed by atoms with E-state index in [2.05, 4.69) is 26.0 Å². The molecule has 2 aromatic heterocycles. The van der Waals surface area contributed by atoms with Crippen molar-refractivity contribution in [3.05, 3.63) is 29.0 Å². The standard InChI is InChI=1S/C9H9BrN4O/c1-15-9-7(10)5-14(13-9)8-3-2-6(11)4-12-8/h2-5H,11H2,1H3. The topological polar surface area (TPSA) is 66.0 Å². The lowest BCUT2D eigenvalue weighted by molar-refractivity contribution is 0.391. The Labute approximate surface area is 95.0 Å². The minimum Gasteiger partial charge on any atom is -0.479 e. The van der Waals surface area contributed by atoms with Crippen LogP contribution in [0.2, 0.25) is 0 Å². The molecule has 0 aliphatic heterocycles. The number of anilines is 1. The van der Waals surface area contributed by atoms with Gasteiger partial charge in [-0.15, -0.1) is 5.10 Å². The summed E-state index contributed by atoms with van der Waals surface area (Å²) in [6, 6.07) is 3.55. The predicted octanol–water partition coefficient (Wildman–Crippen LogP) is 1.62. The van der Waals surface area contributed by atoms with Crippen LogP contribution in [0.15, 0.2) is 29.0 Å². The Morgan fingerprint density at radius 3 is 2.80 bits per heavy atom. The second-order valence-corrected chi connectivity index (χ2v) is 3.73. The van der Waals surface area contributed by atoms with Crippen molar-refractivity contribution in [1.82, 2.24) is 14.8 Å². The van der Waals surface area contributed by atoms with Crippen LogP contribution in [0.3, 0.4) is 0 Å². The van der Waals surface area contributed by atoms with E-state index in [1.54, 1.807) is 36.3 Å². The molecule has 0 unspecified atom stereocenters. The van der Waals surface area contributed by atoms with Gasteiger partial charge in [0.1, 0.15) is 0 Å². The van der Waals surface area contributed by atoms with Crippen molar-refractivity contribution in [2.24, 2.45) is 0 Å². The van der Waals surface area contributed by atoms with E-state index < -0.39 is 0 Å². The highest BCUT2D eigenvalue weighted by atomic mass is 79.9. The summed E-state index contributed by atoms with van der Waals surface area (Å²) in [7, 11) is 1.56. The molecule has 15 heavy (non-hydrogen) atoms. The first-order valence-electron chi connectivity index (χ1n) is 4.22. The normalized spacial score (nSPS) is 10.3. The van der Waals surface area contributed by atoms with Gasteiger partial charge in [0.2, 0.25) is 5.88 Å². The number of rotatable bonds is 2. The van der Waals surface area contributed by atoms with Crippen LogP contribution >= 0.6 is 15.9 Å². The van der Waals surface area contributed by atoms with Gasteiger partial charge < -0.3 is 10.5 Å².